The van der Waals surface area contributed by atoms with Gasteiger partial charge in [-0.25, -0.2) is 14.8 Å². The molecule has 0 bridgehead atoms. The molecule has 2 aromatic heterocycles. The van der Waals surface area contributed by atoms with Gasteiger partial charge in [0.05, 0.1) is 5.75 Å². The molecule has 0 spiro atoms. The molecule has 0 saturated heterocycles. The number of hydrogen-bond donors (Lipinski definition) is 1. The van der Waals surface area contributed by atoms with Crippen molar-refractivity contribution in [3.05, 3.63) is 26.7 Å². The van der Waals surface area contributed by atoms with Crippen molar-refractivity contribution in [2.24, 2.45) is 19.5 Å². The average Bonchev–Trinajstić information content (AvgIpc) is 2.46. The third-order valence-corrected chi connectivity index (χ3v) is 4.29. The molecule has 0 aliphatic carbocycles. The van der Waals surface area contributed by atoms with Gasteiger partial charge in [-0.3, -0.25) is 18.7 Å². The Hall–Kier alpha value is -2.16. The Morgan fingerprint density at radius 2 is 1.79 bits per heavy atom. The van der Waals surface area contributed by atoms with Gasteiger partial charge >= 0.3 is 11.7 Å². The first-order valence-corrected chi connectivity index (χ1v) is 8.31. The van der Waals surface area contributed by atoms with E-state index >= 15 is 0 Å². The fourth-order valence-electron chi connectivity index (χ4n) is 2.26. The fourth-order valence-corrected chi connectivity index (χ4v) is 3.01. The second-order valence-electron chi connectivity index (χ2n) is 6.77. The summed E-state index contributed by atoms with van der Waals surface area (Å²) >= 11 is 0.956. The van der Waals surface area contributed by atoms with Crippen molar-refractivity contribution < 1.29 is 9.90 Å². The molecule has 0 amide bonds. The van der Waals surface area contributed by atoms with Crippen LogP contribution in [0.1, 0.15) is 26.6 Å². The third kappa shape index (κ3) is 3.66. The van der Waals surface area contributed by atoms with Crippen LogP contribution in [-0.4, -0.2) is 35.9 Å². The summed E-state index contributed by atoms with van der Waals surface area (Å²) in [5.41, 5.74) is -0.878. The Bertz CT molecular complexity index is 924. The molecule has 2 aromatic rings. The van der Waals surface area contributed by atoms with Crippen LogP contribution in [0.4, 0.5) is 0 Å². The predicted molar refractivity (Wildman–Crippen MR) is 91.5 cm³/mol. The standard InChI is InChI=1S/C15H20N4O4S/c1-15(2,3)6-8-16-11-10(12(17-8)24-7-9(20)21)13(22)19(5)14(23)18(11)4/h6-7H2,1-5H3,(H,20,21). The molecule has 0 atom stereocenters. The van der Waals surface area contributed by atoms with E-state index in [1.807, 2.05) is 20.8 Å². The summed E-state index contributed by atoms with van der Waals surface area (Å²) in [5, 5.41) is 9.38. The van der Waals surface area contributed by atoms with Crippen LogP contribution in [0.3, 0.4) is 0 Å². The topological polar surface area (TPSA) is 107 Å². The van der Waals surface area contributed by atoms with Gasteiger partial charge in [0.1, 0.15) is 16.2 Å². The summed E-state index contributed by atoms with van der Waals surface area (Å²) in [6, 6.07) is 0. The predicted octanol–water partition coefficient (Wildman–Crippen LogP) is 0.792. The molecule has 0 radical (unpaired) electrons. The molecule has 0 aliphatic heterocycles. The van der Waals surface area contributed by atoms with Crippen LogP contribution in [0.5, 0.6) is 0 Å². The number of aryl methyl sites for hydroxylation is 1. The second kappa shape index (κ2) is 6.39. The first-order chi connectivity index (χ1) is 11.0. The van der Waals surface area contributed by atoms with Crippen molar-refractivity contribution in [2.75, 3.05) is 5.75 Å². The first kappa shape index (κ1) is 18.2. The number of hydrogen-bond acceptors (Lipinski definition) is 6. The van der Waals surface area contributed by atoms with Gasteiger partial charge < -0.3 is 5.11 Å². The highest BCUT2D eigenvalue weighted by atomic mass is 32.2. The van der Waals surface area contributed by atoms with Gasteiger partial charge in [0, 0.05) is 20.5 Å². The van der Waals surface area contributed by atoms with Gasteiger partial charge in [0.15, 0.2) is 5.65 Å². The molecule has 0 aromatic carbocycles. The number of nitrogens with zero attached hydrogens (tertiary/aromatic N) is 4. The van der Waals surface area contributed by atoms with E-state index < -0.39 is 17.2 Å². The number of carbonyl (C=O) groups is 1. The summed E-state index contributed by atoms with van der Waals surface area (Å²) in [7, 11) is 2.91. The monoisotopic (exact) mass is 352 g/mol. The lowest BCUT2D eigenvalue weighted by Gasteiger charge is -2.18. The van der Waals surface area contributed by atoms with Gasteiger partial charge in [-0.15, -0.1) is 0 Å². The second-order valence-corrected chi connectivity index (χ2v) is 7.73. The van der Waals surface area contributed by atoms with Crippen molar-refractivity contribution in [3.63, 3.8) is 0 Å². The normalized spacial score (nSPS) is 11.9. The van der Waals surface area contributed by atoms with Gasteiger partial charge in [0.2, 0.25) is 0 Å². The van der Waals surface area contributed by atoms with Gasteiger partial charge in [0.25, 0.3) is 5.56 Å². The van der Waals surface area contributed by atoms with Crippen molar-refractivity contribution in [3.8, 4) is 0 Å². The van der Waals surface area contributed by atoms with Crippen molar-refractivity contribution in [1.29, 1.82) is 0 Å². The van der Waals surface area contributed by atoms with Gasteiger partial charge in [-0.1, -0.05) is 32.5 Å². The number of aromatic nitrogens is 4. The Morgan fingerprint density at radius 3 is 2.33 bits per heavy atom. The Balaban J connectivity index is 2.80. The van der Waals surface area contributed by atoms with Crippen molar-refractivity contribution in [1.82, 2.24) is 19.1 Å². The molecule has 24 heavy (non-hydrogen) atoms. The average molecular weight is 352 g/mol. The van der Waals surface area contributed by atoms with E-state index in [9.17, 15) is 14.4 Å². The summed E-state index contributed by atoms with van der Waals surface area (Å²) < 4.78 is 2.26. The summed E-state index contributed by atoms with van der Waals surface area (Å²) in [4.78, 5) is 44.3. The number of carboxylic acids is 1. The minimum atomic E-state index is -1.01. The molecular weight excluding hydrogens is 332 g/mol. The summed E-state index contributed by atoms with van der Waals surface area (Å²) in [6.07, 6.45) is 0.535. The number of thioether (sulfide) groups is 1. The Kier molecular flexibility index (Phi) is 4.84. The van der Waals surface area contributed by atoms with Crippen molar-refractivity contribution in [2.45, 2.75) is 32.2 Å². The largest absolute Gasteiger partial charge is 0.481 e. The molecular formula is C15H20N4O4S. The lowest BCUT2D eigenvalue weighted by atomic mass is 9.92. The number of rotatable bonds is 4. The molecule has 0 fully saturated rings. The lowest BCUT2D eigenvalue weighted by Crippen LogP contribution is -2.38. The Labute approximate surface area is 142 Å². The maximum absolute atomic E-state index is 12.5. The van der Waals surface area contributed by atoms with Crippen LogP contribution in [0.25, 0.3) is 11.0 Å². The minimum absolute atomic E-state index is 0.0962. The van der Waals surface area contributed by atoms with E-state index in [4.69, 9.17) is 5.11 Å². The highest BCUT2D eigenvalue weighted by molar-refractivity contribution is 8.00. The zero-order valence-electron chi connectivity index (χ0n) is 14.3. The van der Waals surface area contributed by atoms with Crippen LogP contribution in [0, 0.1) is 5.41 Å². The van der Waals surface area contributed by atoms with Gasteiger partial charge in [-0.05, 0) is 5.41 Å². The van der Waals surface area contributed by atoms with Crippen molar-refractivity contribution >= 4 is 28.8 Å². The molecule has 1 N–H and O–H groups in total. The number of carboxylic acid groups (broad SMARTS) is 1. The maximum Gasteiger partial charge on any atom is 0.332 e. The van der Waals surface area contributed by atoms with E-state index in [1.165, 1.54) is 18.7 Å². The fraction of sp³-hybridized carbons (Fsp3) is 0.533. The third-order valence-electron chi connectivity index (χ3n) is 3.33. The molecule has 2 rings (SSSR count). The van der Waals surface area contributed by atoms with Crippen LogP contribution in [0.2, 0.25) is 0 Å². The SMILES string of the molecule is Cn1c(=O)c2c(SCC(=O)O)nc(CC(C)(C)C)nc2n(C)c1=O. The molecule has 0 unspecified atom stereocenters. The molecule has 2 heterocycles. The molecule has 0 saturated carbocycles. The van der Waals surface area contributed by atoms with Gasteiger partial charge in [-0.2, -0.15) is 0 Å². The van der Waals surface area contributed by atoms with E-state index in [1.54, 1.807) is 0 Å². The van der Waals surface area contributed by atoms with Crippen LogP contribution in [0.15, 0.2) is 14.6 Å². The highest BCUT2D eigenvalue weighted by Gasteiger charge is 2.20. The Morgan fingerprint density at radius 1 is 1.17 bits per heavy atom. The summed E-state index contributed by atoms with van der Waals surface area (Å²) in [6.45, 7) is 6.06. The highest BCUT2D eigenvalue weighted by Crippen LogP contribution is 2.25. The quantitative estimate of drug-likeness (QED) is 0.640. The molecule has 0 aliphatic rings. The first-order valence-electron chi connectivity index (χ1n) is 7.32. The lowest BCUT2D eigenvalue weighted by molar-refractivity contribution is -0.133. The summed E-state index contributed by atoms with van der Waals surface area (Å²) in [5.74, 6) is -0.760. The molecule has 8 nitrogen and oxygen atoms in total. The van der Waals surface area contributed by atoms with E-state index in [2.05, 4.69) is 9.97 Å². The van der Waals surface area contributed by atoms with Crippen LogP contribution >= 0.6 is 11.8 Å². The zero-order chi connectivity index (χ0) is 18.2. The van der Waals surface area contributed by atoms with E-state index in [-0.39, 0.29) is 27.2 Å². The maximum atomic E-state index is 12.5. The minimum Gasteiger partial charge on any atom is -0.481 e. The molecule has 9 heteroatoms. The molecule has 130 valence electrons. The number of aliphatic carboxylic acids is 1. The van der Waals surface area contributed by atoms with Crippen LogP contribution < -0.4 is 11.2 Å². The number of fused-ring (bicyclic) bond motifs is 1. The smallest absolute Gasteiger partial charge is 0.332 e. The zero-order valence-corrected chi connectivity index (χ0v) is 15.1. The van der Waals surface area contributed by atoms with E-state index in [0.717, 1.165) is 16.3 Å². The van der Waals surface area contributed by atoms with E-state index in [0.29, 0.717) is 12.2 Å². The van der Waals surface area contributed by atoms with Crippen LogP contribution in [-0.2, 0) is 25.3 Å².